The SMILES string of the molecule is COc1cc(NC(=O)C(=O)Nc2c(Cl)cccc2Cl)cc(OC)c1OC. The lowest BCUT2D eigenvalue weighted by atomic mass is 10.2. The molecule has 0 bridgehead atoms. The number of amides is 2. The van der Waals surface area contributed by atoms with Crippen LogP contribution in [-0.4, -0.2) is 33.1 Å². The van der Waals surface area contributed by atoms with Gasteiger partial charge in [0.2, 0.25) is 5.75 Å². The third kappa shape index (κ3) is 4.30. The molecule has 0 aliphatic rings. The Morgan fingerprint density at radius 3 is 1.81 bits per heavy atom. The fourth-order valence-corrected chi connectivity index (χ4v) is 2.62. The molecule has 9 heteroatoms. The van der Waals surface area contributed by atoms with Crippen molar-refractivity contribution in [1.82, 2.24) is 0 Å². The minimum Gasteiger partial charge on any atom is -0.493 e. The van der Waals surface area contributed by atoms with E-state index in [9.17, 15) is 9.59 Å². The summed E-state index contributed by atoms with van der Waals surface area (Å²) >= 11 is 11.9. The van der Waals surface area contributed by atoms with E-state index in [0.717, 1.165) is 0 Å². The highest BCUT2D eigenvalue weighted by atomic mass is 35.5. The first-order chi connectivity index (χ1) is 12.4. The zero-order valence-electron chi connectivity index (χ0n) is 14.2. The van der Waals surface area contributed by atoms with Crippen LogP contribution in [0.3, 0.4) is 0 Å². The maximum absolute atomic E-state index is 12.2. The lowest BCUT2D eigenvalue weighted by molar-refractivity contribution is -0.132. The normalized spacial score (nSPS) is 10.0. The van der Waals surface area contributed by atoms with Crippen molar-refractivity contribution in [2.45, 2.75) is 0 Å². The first-order valence-electron chi connectivity index (χ1n) is 7.27. The Hall–Kier alpha value is -2.64. The van der Waals surface area contributed by atoms with E-state index in [4.69, 9.17) is 37.4 Å². The maximum atomic E-state index is 12.2. The van der Waals surface area contributed by atoms with Gasteiger partial charge in [0, 0.05) is 17.8 Å². The van der Waals surface area contributed by atoms with Crippen LogP contribution in [0.25, 0.3) is 0 Å². The summed E-state index contributed by atoms with van der Waals surface area (Å²) in [5.41, 5.74) is 0.436. The molecule has 2 N–H and O–H groups in total. The number of carbonyl (C=O) groups is 2. The van der Waals surface area contributed by atoms with Crippen molar-refractivity contribution < 1.29 is 23.8 Å². The van der Waals surface area contributed by atoms with Crippen LogP contribution in [0.5, 0.6) is 17.2 Å². The first kappa shape index (κ1) is 19.7. The Kier molecular flexibility index (Phi) is 6.54. The monoisotopic (exact) mass is 398 g/mol. The highest BCUT2D eigenvalue weighted by Gasteiger charge is 2.19. The number of carbonyl (C=O) groups excluding carboxylic acids is 2. The minimum absolute atomic E-state index is 0.154. The van der Waals surface area contributed by atoms with Crippen LogP contribution in [0.1, 0.15) is 0 Å². The smallest absolute Gasteiger partial charge is 0.314 e. The van der Waals surface area contributed by atoms with Crippen LogP contribution < -0.4 is 24.8 Å². The molecular weight excluding hydrogens is 383 g/mol. The van der Waals surface area contributed by atoms with Gasteiger partial charge in [0.05, 0.1) is 37.1 Å². The van der Waals surface area contributed by atoms with Crippen molar-refractivity contribution in [1.29, 1.82) is 0 Å². The van der Waals surface area contributed by atoms with Crippen molar-refractivity contribution in [3.8, 4) is 17.2 Å². The van der Waals surface area contributed by atoms with E-state index in [-0.39, 0.29) is 21.4 Å². The number of methoxy groups -OCH3 is 3. The quantitative estimate of drug-likeness (QED) is 0.751. The zero-order chi connectivity index (χ0) is 19.3. The molecule has 0 atom stereocenters. The van der Waals surface area contributed by atoms with E-state index in [1.54, 1.807) is 18.2 Å². The fraction of sp³-hybridized carbons (Fsp3) is 0.176. The predicted molar refractivity (Wildman–Crippen MR) is 99.8 cm³/mol. The number of rotatable bonds is 5. The van der Waals surface area contributed by atoms with Crippen LogP contribution in [-0.2, 0) is 9.59 Å². The van der Waals surface area contributed by atoms with Gasteiger partial charge in [-0.15, -0.1) is 0 Å². The molecule has 0 radical (unpaired) electrons. The molecule has 0 aromatic heterocycles. The van der Waals surface area contributed by atoms with Crippen LogP contribution in [0.2, 0.25) is 10.0 Å². The molecule has 0 aliphatic carbocycles. The number of anilines is 2. The summed E-state index contributed by atoms with van der Waals surface area (Å²) in [7, 11) is 4.34. The largest absolute Gasteiger partial charge is 0.493 e. The van der Waals surface area contributed by atoms with Crippen LogP contribution >= 0.6 is 23.2 Å². The number of hydrogen-bond acceptors (Lipinski definition) is 5. The molecule has 2 amide bonds. The van der Waals surface area contributed by atoms with Crippen molar-refractivity contribution >= 4 is 46.4 Å². The van der Waals surface area contributed by atoms with Crippen molar-refractivity contribution in [2.24, 2.45) is 0 Å². The van der Waals surface area contributed by atoms with Gasteiger partial charge in [-0.05, 0) is 12.1 Å². The molecule has 0 saturated carbocycles. The Labute approximate surface area is 160 Å². The van der Waals surface area contributed by atoms with E-state index in [1.165, 1.54) is 33.5 Å². The molecule has 0 saturated heterocycles. The summed E-state index contributed by atoms with van der Waals surface area (Å²) in [4.78, 5) is 24.3. The minimum atomic E-state index is -0.936. The second kappa shape index (κ2) is 8.64. The molecule has 0 fully saturated rings. The first-order valence-corrected chi connectivity index (χ1v) is 8.03. The number of para-hydroxylation sites is 1. The lowest BCUT2D eigenvalue weighted by Crippen LogP contribution is -2.29. The van der Waals surface area contributed by atoms with Crippen molar-refractivity contribution in [3.63, 3.8) is 0 Å². The van der Waals surface area contributed by atoms with E-state index in [1.807, 2.05) is 0 Å². The molecule has 2 aromatic rings. The second-order valence-corrected chi connectivity index (χ2v) is 5.73. The molecule has 2 rings (SSSR count). The number of nitrogens with one attached hydrogen (secondary N) is 2. The lowest BCUT2D eigenvalue weighted by Gasteiger charge is -2.14. The Bertz CT molecular complexity index is 797. The highest BCUT2D eigenvalue weighted by Crippen LogP contribution is 2.40. The summed E-state index contributed by atoms with van der Waals surface area (Å²) < 4.78 is 15.6. The standard InChI is InChI=1S/C17H16Cl2N2O5/c1-24-12-7-9(8-13(25-2)15(12)26-3)20-16(22)17(23)21-14-10(18)5-4-6-11(14)19/h4-8H,1-3H3,(H,20,22)(H,21,23). The average Bonchev–Trinajstić information content (AvgIpc) is 2.63. The topological polar surface area (TPSA) is 85.9 Å². The van der Waals surface area contributed by atoms with Gasteiger partial charge < -0.3 is 24.8 Å². The molecule has 2 aromatic carbocycles. The van der Waals surface area contributed by atoms with E-state index in [0.29, 0.717) is 17.2 Å². The number of ether oxygens (including phenoxy) is 3. The molecular formula is C17H16Cl2N2O5. The second-order valence-electron chi connectivity index (χ2n) is 4.92. The van der Waals surface area contributed by atoms with Gasteiger partial charge in [0.25, 0.3) is 0 Å². The number of halogens is 2. The predicted octanol–water partition coefficient (Wildman–Crippen LogP) is 3.60. The van der Waals surface area contributed by atoms with E-state index in [2.05, 4.69) is 10.6 Å². The van der Waals surface area contributed by atoms with E-state index >= 15 is 0 Å². The van der Waals surface area contributed by atoms with Gasteiger partial charge in [-0.3, -0.25) is 9.59 Å². The Morgan fingerprint density at radius 1 is 0.846 bits per heavy atom. The summed E-state index contributed by atoms with van der Waals surface area (Å²) in [6.45, 7) is 0. The van der Waals surface area contributed by atoms with Gasteiger partial charge in [0.1, 0.15) is 0 Å². The maximum Gasteiger partial charge on any atom is 0.314 e. The molecule has 0 spiro atoms. The number of benzene rings is 2. The number of hydrogen-bond donors (Lipinski definition) is 2. The Morgan fingerprint density at radius 2 is 1.35 bits per heavy atom. The Balaban J connectivity index is 2.20. The van der Waals surface area contributed by atoms with Gasteiger partial charge in [-0.1, -0.05) is 29.3 Å². The molecule has 7 nitrogen and oxygen atoms in total. The van der Waals surface area contributed by atoms with Gasteiger partial charge in [-0.2, -0.15) is 0 Å². The van der Waals surface area contributed by atoms with Gasteiger partial charge >= 0.3 is 11.8 Å². The van der Waals surface area contributed by atoms with Gasteiger partial charge in [0.15, 0.2) is 11.5 Å². The summed E-state index contributed by atoms with van der Waals surface area (Å²) in [5.74, 6) is -0.835. The van der Waals surface area contributed by atoms with Gasteiger partial charge in [-0.25, -0.2) is 0 Å². The van der Waals surface area contributed by atoms with Crippen molar-refractivity contribution in [3.05, 3.63) is 40.4 Å². The molecule has 0 aliphatic heterocycles. The van der Waals surface area contributed by atoms with Crippen LogP contribution in [0.15, 0.2) is 30.3 Å². The third-order valence-corrected chi connectivity index (χ3v) is 3.96. The molecule has 138 valence electrons. The summed E-state index contributed by atoms with van der Waals surface area (Å²) in [5, 5.41) is 5.25. The highest BCUT2D eigenvalue weighted by molar-refractivity contribution is 6.46. The molecule has 26 heavy (non-hydrogen) atoms. The van der Waals surface area contributed by atoms with Crippen LogP contribution in [0.4, 0.5) is 11.4 Å². The summed E-state index contributed by atoms with van der Waals surface area (Å²) in [6.07, 6.45) is 0. The zero-order valence-corrected chi connectivity index (χ0v) is 15.7. The fourth-order valence-electron chi connectivity index (χ4n) is 2.13. The molecule has 0 heterocycles. The molecule has 0 unspecified atom stereocenters. The van der Waals surface area contributed by atoms with Crippen LogP contribution in [0, 0.1) is 0 Å². The average molecular weight is 399 g/mol. The third-order valence-electron chi connectivity index (χ3n) is 3.33. The van der Waals surface area contributed by atoms with Crippen molar-refractivity contribution in [2.75, 3.05) is 32.0 Å². The van der Waals surface area contributed by atoms with E-state index < -0.39 is 11.8 Å². The summed E-state index contributed by atoms with van der Waals surface area (Å²) in [6, 6.07) is 7.70.